The Balaban J connectivity index is 2.77. The van der Waals surface area contributed by atoms with Crippen molar-refractivity contribution < 1.29 is 28.9 Å². The maximum absolute atomic E-state index is 12.0. The van der Waals surface area contributed by atoms with Gasteiger partial charge in [0.2, 0.25) is 11.7 Å². The van der Waals surface area contributed by atoms with Crippen LogP contribution >= 0.6 is 0 Å². The molecule has 7 nitrogen and oxygen atoms in total. The number of carbonyl (C=O) groups excluding carboxylic acids is 1. The fourth-order valence-electron chi connectivity index (χ4n) is 2.27. The molecule has 0 saturated heterocycles. The summed E-state index contributed by atoms with van der Waals surface area (Å²) in [6, 6.07) is 3.13. The Hall–Kier alpha value is -2.44. The van der Waals surface area contributed by atoms with Crippen LogP contribution in [0.2, 0.25) is 0 Å². The molecule has 7 heteroatoms. The van der Waals surface area contributed by atoms with E-state index in [1.807, 2.05) is 6.07 Å². The Labute approximate surface area is 141 Å². The molecule has 2 unspecified atom stereocenters. The van der Waals surface area contributed by atoms with E-state index in [0.29, 0.717) is 23.7 Å². The lowest BCUT2D eigenvalue weighted by Crippen LogP contribution is -2.40. The van der Waals surface area contributed by atoms with Gasteiger partial charge in [0.05, 0.1) is 27.2 Å². The largest absolute Gasteiger partial charge is 0.493 e. The van der Waals surface area contributed by atoms with Crippen LogP contribution in [0, 0.1) is 5.92 Å². The number of amides is 1. The third-order valence-corrected chi connectivity index (χ3v) is 3.94. The minimum absolute atomic E-state index is 0.211. The molecule has 0 heterocycles. The van der Waals surface area contributed by atoms with Gasteiger partial charge in [-0.3, -0.25) is 9.59 Å². The van der Waals surface area contributed by atoms with Crippen molar-refractivity contribution in [2.45, 2.75) is 32.7 Å². The van der Waals surface area contributed by atoms with Gasteiger partial charge in [-0.25, -0.2) is 0 Å². The average Bonchev–Trinajstić information content (AvgIpc) is 2.57. The molecule has 1 rings (SSSR count). The molecule has 2 N–H and O–H groups in total. The summed E-state index contributed by atoms with van der Waals surface area (Å²) in [5, 5.41) is 11.7. The van der Waals surface area contributed by atoms with Gasteiger partial charge in [0.25, 0.3) is 0 Å². The zero-order chi connectivity index (χ0) is 18.3. The van der Waals surface area contributed by atoms with Gasteiger partial charge < -0.3 is 24.6 Å². The monoisotopic (exact) mass is 339 g/mol. The highest BCUT2D eigenvalue weighted by atomic mass is 16.5. The standard InChI is InChI=1S/C17H25NO6/c1-10(17(20)21)11(2)18-14(19)9-7-12-6-8-13(22-3)16(24-5)15(12)23-4/h6,8,10-11H,7,9H2,1-5H3,(H,18,19)(H,20,21). The van der Waals surface area contributed by atoms with E-state index in [1.54, 1.807) is 19.9 Å². The lowest BCUT2D eigenvalue weighted by atomic mass is 10.0. The number of hydrogen-bond donors (Lipinski definition) is 2. The van der Waals surface area contributed by atoms with Crippen LogP contribution in [0.3, 0.4) is 0 Å². The SMILES string of the molecule is COc1ccc(CCC(=O)NC(C)C(C)C(=O)O)c(OC)c1OC. The van der Waals surface area contributed by atoms with E-state index in [9.17, 15) is 9.59 Å². The van der Waals surface area contributed by atoms with Crippen molar-refractivity contribution in [3.63, 3.8) is 0 Å². The number of methoxy groups -OCH3 is 3. The second-order valence-corrected chi connectivity index (χ2v) is 5.48. The number of carboxylic acids is 1. The van der Waals surface area contributed by atoms with E-state index >= 15 is 0 Å². The topological polar surface area (TPSA) is 94.1 Å². The van der Waals surface area contributed by atoms with Crippen molar-refractivity contribution >= 4 is 11.9 Å². The Bertz CT molecular complexity index is 587. The van der Waals surface area contributed by atoms with Crippen LogP contribution in [0.4, 0.5) is 0 Å². The molecule has 2 atom stereocenters. The number of benzene rings is 1. The zero-order valence-electron chi connectivity index (χ0n) is 14.7. The molecule has 0 aliphatic rings. The van der Waals surface area contributed by atoms with Crippen LogP contribution < -0.4 is 19.5 Å². The highest BCUT2D eigenvalue weighted by Crippen LogP contribution is 2.40. The molecule has 1 amide bonds. The number of carbonyl (C=O) groups is 2. The van der Waals surface area contributed by atoms with Gasteiger partial charge >= 0.3 is 5.97 Å². The molecule has 1 aromatic carbocycles. The summed E-state index contributed by atoms with van der Waals surface area (Å²) in [6.45, 7) is 3.23. The van der Waals surface area contributed by atoms with Crippen LogP contribution in [0.5, 0.6) is 17.2 Å². The number of aliphatic carboxylic acids is 1. The van der Waals surface area contributed by atoms with Gasteiger partial charge in [0.1, 0.15) is 0 Å². The van der Waals surface area contributed by atoms with Gasteiger partial charge in [-0.1, -0.05) is 6.07 Å². The van der Waals surface area contributed by atoms with Crippen LogP contribution in [0.1, 0.15) is 25.8 Å². The first-order valence-electron chi connectivity index (χ1n) is 7.65. The number of aryl methyl sites for hydroxylation is 1. The Morgan fingerprint density at radius 3 is 2.21 bits per heavy atom. The molecule has 0 fully saturated rings. The summed E-state index contributed by atoms with van der Waals surface area (Å²) >= 11 is 0. The molecule has 24 heavy (non-hydrogen) atoms. The molecule has 0 spiro atoms. The molecule has 134 valence electrons. The lowest BCUT2D eigenvalue weighted by Gasteiger charge is -2.18. The van der Waals surface area contributed by atoms with Crippen molar-refractivity contribution in [3.8, 4) is 17.2 Å². The highest BCUT2D eigenvalue weighted by molar-refractivity contribution is 5.78. The fourth-order valence-corrected chi connectivity index (χ4v) is 2.27. The first-order valence-corrected chi connectivity index (χ1v) is 7.65. The van der Waals surface area contributed by atoms with Crippen LogP contribution in [0.15, 0.2) is 12.1 Å². The van der Waals surface area contributed by atoms with Crippen molar-refractivity contribution in [3.05, 3.63) is 17.7 Å². The molecule has 0 aliphatic heterocycles. The van der Waals surface area contributed by atoms with Crippen LogP contribution in [-0.4, -0.2) is 44.4 Å². The van der Waals surface area contributed by atoms with Gasteiger partial charge in [-0.05, 0) is 31.9 Å². The van der Waals surface area contributed by atoms with E-state index in [-0.39, 0.29) is 12.3 Å². The van der Waals surface area contributed by atoms with E-state index in [4.69, 9.17) is 19.3 Å². The molecule has 0 saturated carbocycles. The predicted molar refractivity (Wildman–Crippen MR) is 88.8 cm³/mol. The minimum Gasteiger partial charge on any atom is -0.493 e. The van der Waals surface area contributed by atoms with Crippen molar-refractivity contribution in [2.75, 3.05) is 21.3 Å². The summed E-state index contributed by atoms with van der Waals surface area (Å²) < 4.78 is 15.9. The Morgan fingerprint density at radius 1 is 1.08 bits per heavy atom. The zero-order valence-corrected chi connectivity index (χ0v) is 14.7. The molecule has 1 aromatic rings. The van der Waals surface area contributed by atoms with Gasteiger partial charge in [0.15, 0.2) is 11.5 Å². The maximum Gasteiger partial charge on any atom is 0.308 e. The Kier molecular flexibility index (Phi) is 7.35. The Morgan fingerprint density at radius 2 is 1.71 bits per heavy atom. The molecule has 0 aromatic heterocycles. The summed E-state index contributed by atoms with van der Waals surface area (Å²) in [4.78, 5) is 23.0. The van der Waals surface area contributed by atoms with Crippen molar-refractivity contribution in [2.24, 2.45) is 5.92 Å². The normalized spacial score (nSPS) is 12.9. The third-order valence-electron chi connectivity index (χ3n) is 3.94. The van der Waals surface area contributed by atoms with Crippen LogP contribution in [0.25, 0.3) is 0 Å². The second-order valence-electron chi connectivity index (χ2n) is 5.48. The molecule has 0 bridgehead atoms. The van der Waals surface area contributed by atoms with Crippen molar-refractivity contribution in [1.82, 2.24) is 5.32 Å². The van der Waals surface area contributed by atoms with Gasteiger partial charge in [-0.2, -0.15) is 0 Å². The number of nitrogens with one attached hydrogen (secondary N) is 1. The summed E-state index contributed by atoms with van der Waals surface area (Å²) in [5.74, 6) is -0.254. The van der Waals surface area contributed by atoms with E-state index in [1.165, 1.54) is 21.3 Å². The summed E-state index contributed by atoms with van der Waals surface area (Å²) in [5.41, 5.74) is 0.809. The number of carboxylic acid groups (broad SMARTS) is 1. The van der Waals surface area contributed by atoms with E-state index in [0.717, 1.165) is 5.56 Å². The average molecular weight is 339 g/mol. The molecule has 0 aliphatic carbocycles. The quantitative estimate of drug-likeness (QED) is 0.713. The maximum atomic E-state index is 12.0. The van der Waals surface area contributed by atoms with Crippen LogP contribution in [-0.2, 0) is 16.0 Å². The minimum atomic E-state index is -0.940. The first kappa shape index (κ1) is 19.6. The van der Waals surface area contributed by atoms with E-state index in [2.05, 4.69) is 5.32 Å². The lowest BCUT2D eigenvalue weighted by molar-refractivity contribution is -0.142. The first-order chi connectivity index (χ1) is 11.3. The number of rotatable bonds is 9. The van der Waals surface area contributed by atoms with Crippen molar-refractivity contribution in [1.29, 1.82) is 0 Å². The highest BCUT2D eigenvalue weighted by Gasteiger charge is 2.21. The summed E-state index contributed by atoms with van der Waals surface area (Å²) in [7, 11) is 4.58. The number of hydrogen-bond acceptors (Lipinski definition) is 5. The van der Waals surface area contributed by atoms with Gasteiger partial charge in [-0.15, -0.1) is 0 Å². The predicted octanol–water partition coefficient (Wildman–Crippen LogP) is 1.87. The molecule has 0 radical (unpaired) electrons. The summed E-state index contributed by atoms with van der Waals surface area (Å²) in [6.07, 6.45) is 0.645. The molecular formula is C17H25NO6. The number of ether oxygens (including phenoxy) is 3. The smallest absolute Gasteiger partial charge is 0.308 e. The van der Waals surface area contributed by atoms with E-state index < -0.39 is 17.9 Å². The van der Waals surface area contributed by atoms with Gasteiger partial charge in [0, 0.05) is 12.5 Å². The third kappa shape index (κ3) is 4.78. The fraction of sp³-hybridized carbons (Fsp3) is 0.529. The second kappa shape index (κ2) is 9.00. The molecular weight excluding hydrogens is 314 g/mol.